The summed E-state index contributed by atoms with van der Waals surface area (Å²) in [6.07, 6.45) is 0.910. The van der Waals surface area contributed by atoms with Crippen molar-refractivity contribution in [2.45, 2.75) is 26.3 Å². The number of benzene rings is 2. The molecule has 1 aliphatic rings. The molecule has 0 aromatic heterocycles. The first-order valence-electron chi connectivity index (χ1n) is 7.37. The van der Waals surface area contributed by atoms with Crippen LogP contribution in [0.15, 0.2) is 36.4 Å². The van der Waals surface area contributed by atoms with E-state index >= 15 is 0 Å². The fourth-order valence-electron chi connectivity index (χ4n) is 2.65. The molecule has 2 N–H and O–H groups in total. The molecule has 0 spiro atoms. The number of hydrogen-bond donors (Lipinski definition) is 1. The maximum atomic E-state index is 6.46. The zero-order valence-electron chi connectivity index (χ0n) is 12.6. The second-order valence-electron chi connectivity index (χ2n) is 5.59. The van der Waals surface area contributed by atoms with Crippen molar-refractivity contribution in [3.05, 3.63) is 58.7 Å². The molecule has 3 rings (SSSR count). The van der Waals surface area contributed by atoms with E-state index in [1.165, 1.54) is 11.1 Å². The van der Waals surface area contributed by atoms with Crippen molar-refractivity contribution in [3.63, 3.8) is 0 Å². The highest BCUT2D eigenvalue weighted by molar-refractivity contribution is 5.47. The number of ether oxygens (including phenoxy) is 2. The second-order valence-corrected chi connectivity index (χ2v) is 5.59. The van der Waals surface area contributed by atoms with E-state index in [1.807, 2.05) is 18.2 Å². The van der Waals surface area contributed by atoms with Crippen molar-refractivity contribution in [1.82, 2.24) is 0 Å². The Bertz CT molecular complexity index is 652. The quantitative estimate of drug-likeness (QED) is 0.917. The lowest BCUT2D eigenvalue weighted by molar-refractivity contribution is 0.297. The molecule has 110 valence electrons. The third-order valence-corrected chi connectivity index (χ3v) is 3.90. The lowest BCUT2D eigenvalue weighted by Crippen LogP contribution is -2.13. The SMILES string of the molecule is Cc1ccc(C)c(C(N)c2ccc3c(c2)OCCCO3)c1. The van der Waals surface area contributed by atoms with Crippen molar-refractivity contribution in [1.29, 1.82) is 0 Å². The summed E-state index contributed by atoms with van der Waals surface area (Å²) < 4.78 is 11.4. The van der Waals surface area contributed by atoms with Gasteiger partial charge in [-0.2, -0.15) is 0 Å². The van der Waals surface area contributed by atoms with E-state index < -0.39 is 0 Å². The van der Waals surface area contributed by atoms with E-state index in [4.69, 9.17) is 15.2 Å². The molecule has 0 aliphatic carbocycles. The molecular formula is C18H21NO2. The molecule has 0 amide bonds. The summed E-state index contributed by atoms with van der Waals surface area (Å²) in [6.45, 7) is 5.58. The normalized spacial score (nSPS) is 15.4. The Hall–Kier alpha value is -2.00. The standard InChI is InChI=1S/C18H21NO2/c1-12-4-5-13(2)15(10-12)18(19)14-6-7-16-17(11-14)21-9-3-8-20-16/h4-7,10-11,18H,3,8-9,19H2,1-2H3. The van der Waals surface area contributed by atoms with E-state index in [1.54, 1.807) is 0 Å². The lowest BCUT2D eigenvalue weighted by Gasteiger charge is -2.17. The molecule has 1 unspecified atom stereocenters. The highest BCUT2D eigenvalue weighted by Crippen LogP contribution is 2.34. The summed E-state index contributed by atoms with van der Waals surface area (Å²) in [7, 11) is 0. The minimum absolute atomic E-state index is 0.151. The first-order chi connectivity index (χ1) is 10.1. The van der Waals surface area contributed by atoms with Crippen LogP contribution in [0.3, 0.4) is 0 Å². The van der Waals surface area contributed by atoms with Gasteiger partial charge < -0.3 is 15.2 Å². The molecule has 2 aromatic rings. The molecule has 21 heavy (non-hydrogen) atoms. The summed E-state index contributed by atoms with van der Waals surface area (Å²) in [5, 5.41) is 0. The van der Waals surface area contributed by atoms with Gasteiger partial charge in [0.2, 0.25) is 0 Å². The van der Waals surface area contributed by atoms with Crippen LogP contribution in [0.4, 0.5) is 0 Å². The molecule has 0 saturated heterocycles. The van der Waals surface area contributed by atoms with Crippen LogP contribution < -0.4 is 15.2 Å². The number of hydrogen-bond acceptors (Lipinski definition) is 3. The van der Waals surface area contributed by atoms with Gasteiger partial charge in [-0.3, -0.25) is 0 Å². The average Bonchev–Trinajstić information content (AvgIpc) is 2.73. The van der Waals surface area contributed by atoms with Gasteiger partial charge in [0.25, 0.3) is 0 Å². The summed E-state index contributed by atoms with van der Waals surface area (Å²) in [4.78, 5) is 0. The Kier molecular flexibility index (Phi) is 3.84. The Labute approximate surface area is 125 Å². The van der Waals surface area contributed by atoms with Crippen molar-refractivity contribution < 1.29 is 9.47 Å². The van der Waals surface area contributed by atoms with E-state index in [0.29, 0.717) is 13.2 Å². The van der Waals surface area contributed by atoms with Crippen molar-refractivity contribution >= 4 is 0 Å². The Balaban J connectivity index is 1.96. The molecule has 0 radical (unpaired) electrons. The lowest BCUT2D eigenvalue weighted by atomic mass is 9.94. The minimum Gasteiger partial charge on any atom is -0.490 e. The maximum absolute atomic E-state index is 6.46. The van der Waals surface area contributed by atoms with Crippen LogP contribution in [0, 0.1) is 13.8 Å². The summed E-state index contributed by atoms with van der Waals surface area (Å²) in [5.74, 6) is 1.61. The van der Waals surface area contributed by atoms with Gasteiger partial charge >= 0.3 is 0 Å². The third kappa shape index (κ3) is 2.88. The number of aryl methyl sites for hydroxylation is 2. The van der Waals surface area contributed by atoms with Gasteiger partial charge in [0.1, 0.15) is 0 Å². The maximum Gasteiger partial charge on any atom is 0.161 e. The van der Waals surface area contributed by atoms with E-state index in [2.05, 4.69) is 32.0 Å². The molecule has 2 aromatic carbocycles. The van der Waals surface area contributed by atoms with Gasteiger partial charge in [-0.15, -0.1) is 0 Å². The molecule has 0 fully saturated rings. The van der Waals surface area contributed by atoms with Gasteiger partial charge in [0, 0.05) is 6.42 Å². The van der Waals surface area contributed by atoms with Crippen LogP contribution >= 0.6 is 0 Å². The number of nitrogens with two attached hydrogens (primary N) is 1. The number of fused-ring (bicyclic) bond motifs is 1. The van der Waals surface area contributed by atoms with Gasteiger partial charge in [-0.25, -0.2) is 0 Å². The molecule has 0 bridgehead atoms. The molecule has 1 aliphatic heterocycles. The predicted molar refractivity (Wildman–Crippen MR) is 84.0 cm³/mol. The molecule has 3 nitrogen and oxygen atoms in total. The largest absolute Gasteiger partial charge is 0.490 e. The van der Waals surface area contributed by atoms with Crippen LogP contribution in [-0.2, 0) is 0 Å². The average molecular weight is 283 g/mol. The minimum atomic E-state index is -0.151. The second kappa shape index (κ2) is 5.78. The summed E-state index contributed by atoms with van der Waals surface area (Å²) in [5.41, 5.74) is 11.1. The molecule has 3 heteroatoms. The molecule has 0 saturated carbocycles. The zero-order chi connectivity index (χ0) is 14.8. The fraction of sp³-hybridized carbons (Fsp3) is 0.333. The highest BCUT2D eigenvalue weighted by atomic mass is 16.5. The molecule has 1 heterocycles. The van der Waals surface area contributed by atoms with Crippen LogP contribution in [0.5, 0.6) is 11.5 Å². The Morgan fingerprint density at radius 1 is 0.952 bits per heavy atom. The molecular weight excluding hydrogens is 262 g/mol. The summed E-state index contributed by atoms with van der Waals surface area (Å²) in [6, 6.07) is 12.2. The van der Waals surface area contributed by atoms with Crippen LogP contribution in [0.1, 0.15) is 34.7 Å². The van der Waals surface area contributed by atoms with Gasteiger partial charge in [0.15, 0.2) is 11.5 Å². The van der Waals surface area contributed by atoms with Crippen molar-refractivity contribution in [2.24, 2.45) is 5.73 Å². The van der Waals surface area contributed by atoms with Gasteiger partial charge in [0.05, 0.1) is 19.3 Å². The number of rotatable bonds is 2. The highest BCUT2D eigenvalue weighted by Gasteiger charge is 2.16. The van der Waals surface area contributed by atoms with Crippen LogP contribution in [0.25, 0.3) is 0 Å². The predicted octanol–water partition coefficient (Wildman–Crippen LogP) is 3.51. The van der Waals surface area contributed by atoms with Gasteiger partial charge in [-0.1, -0.05) is 29.8 Å². The molecule has 1 atom stereocenters. The van der Waals surface area contributed by atoms with Crippen molar-refractivity contribution in [2.75, 3.05) is 13.2 Å². The van der Waals surface area contributed by atoms with Crippen LogP contribution in [-0.4, -0.2) is 13.2 Å². The first-order valence-corrected chi connectivity index (χ1v) is 7.37. The first kappa shape index (κ1) is 14.0. The smallest absolute Gasteiger partial charge is 0.161 e. The van der Waals surface area contributed by atoms with Crippen molar-refractivity contribution in [3.8, 4) is 11.5 Å². The third-order valence-electron chi connectivity index (χ3n) is 3.90. The van der Waals surface area contributed by atoms with Crippen LogP contribution in [0.2, 0.25) is 0 Å². The fourth-order valence-corrected chi connectivity index (χ4v) is 2.65. The Morgan fingerprint density at radius 3 is 2.52 bits per heavy atom. The monoisotopic (exact) mass is 283 g/mol. The van der Waals surface area contributed by atoms with Gasteiger partial charge in [-0.05, 0) is 42.7 Å². The Morgan fingerprint density at radius 2 is 1.71 bits per heavy atom. The van der Waals surface area contributed by atoms with E-state index in [9.17, 15) is 0 Å². The summed E-state index contributed by atoms with van der Waals surface area (Å²) >= 11 is 0. The van der Waals surface area contributed by atoms with E-state index in [0.717, 1.165) is 29.0 Å². The topological polar surface area (TPSA) is 44.5 Å². The van der Waals surface area contributed by atoms with E-state index in [-0.39, 0.29) is 6.04 Å². The zero-order valence-corrected chi connectivity index (χ0v) is 12.6.